The Morgan fingerprint density at radius 1 is 1.19 bits per heavy atom. The van der Waals surface area contributed by atoms with E-state index in [9.17, 15) is 23.7 Å². The fourth-order valence-corrected chi connectivity index (χ4v) is 1.81. The van der Waals surface area contributed by atoms with Gasteiger partial charge in [0.25, 0.3) is 0 Å². The summed E-state index contributed by atoms with van der Waals surface area (Å²) >= 11 is 0. The quantitative estimate of drug-likeness (QED) is 0.327. The maximum atomic E-state index is 10.4. The van der Waals surface area contributed by atoms with Gasteiger partial charge >= 0.3 is 10.4 Å². The van der Waals surface area contributed by atoms with Crippen molar-refractivity contribution in [2.24, 2.45) is 0 Å². The van der Waals surface area contributed by atoms with Crippen LogP contribution in [0.5, 0.6) is 0 Å². The lowest BCUT2D eigenvalue weighted by Gasteiger charge is -2.38. The van der Waals surface area contributed by atoms with E-state index in [4.69, 9.17) is 9.66 Å². The molecule has 1 aliphatic rings. The van der Waals surface area contributed by atoms with Crippen molar-refractivity contribution in [2.75, 3.05) is 6.61 Å². The molecule has 1 rings (SSSR count). The molecule has 1 fully saturated rings. The Hall–Kier alpha value is -0.330. The molecule has 10 heteroatoms. The van der Waals surface area contributed by atoms with Crippen LogP contribution in [-0.2, 0) is 19.3 Å². The summed E-state index contributed by atoms with van der Waals surface area (Å²) in [5.41, 5.74) is 0. The van der Waals surface area contributed by atoms with Crippen LogP contribution in [0.2, 0.25) is 0 Å². The summed E-state index contributed by atoms with van der Waals surface area (Å²) in [5, 5.41) is 36.6. The van der Waals surface area contributed by atoms with Crippen LogP contribution in [0, 0.1) is 0 Å². The first-order valence-corrected chi connectivity index (χ1v) is 5.59. The van der Waals surface area contributed by atoms with Gasteiger partial charge in [-0.25, -0.2) is 4.18 Å². The zero-order valence-corrected chi connectivity index (χ0v) is 8.69. The molecule has 0 aliphatic carbocycles. The zero-order chi connectivity index (χ0) is 12.5. The molecule has 0 saturated carbocycles. The van der Waals surface area contributed by atoms with Gasteiger partial charge in [-0.15, -0.1) is 0 Å². The summed E-state index contributed by atoms with van der Waals surface area (Å²) in [5.74, 6) is 0. The summed E-state index contributed by atoms with van der Waals surface area (Å²) in [6, 6.07) is 0. The molecule has 1 heterocycles. The fourth-order valence-electron chi connectivity index (χ4n) is 1.32. The summed E-state index contributed by atoms with van der Waals surface area (Å²) in [6.07, 6.45) is -8.53. The second-order valence-electron chi connectivity index (χ2n) is 3.22. The highest BCUT2D eigenvalue weighted by atomic mass is 32.3. The van der Waals surface area contributed by atoms with E-state index in [1.54, 1.807) is 0 Å². The molecule has 0 amide bonds. The third-order valence-corrected chi connectivity index (χ3v) is 2.54. The SMILES string of the molecule is O=S(=O)(O)O[C@@H]1[C@@H](O)[C@H](O)[C@H](CO)O[C@H]1O. The van der Waals surface area contributed by atoms with Crippen molar-refractivity contribution in [1.82, 2.24) is 0 Å². The first kappa shape index (κ1) is 13.7. The lowest BCUT2D eigenvalue weighted by Crippen LogP contribution is -2.59. The molecule has 0 aromatic rings. The molecule has 0 bridgehead atoms. The first-order chi connectivity index (χ1) is 7.26. The third kappa shape index (κ3) is 3.09. The lowest BCUT2D eigenvalue weighted by atomic mass is 9.99. The van der Waals surface area contributed by atoms with E-state index in [1.165, 1.54) is 0 Å². The van der Waals surface area contributed by atoms with Crippen LogP contribution in [0.15, 0.2) is 0 Å². The Morgan fingerprint density at radius 3 is 2.19 bits per heavy atom. The monoisotopic (exact) mass is 260 g/mol. The Balaban J connectivity index is 2.80. The summed E-state index contributed by atoms with van der Waals surface area (Å²) in [4.78, 5) is 0. The van der Waals surface area contributed by atoms with Gasteiger partial charge in [0.1, 0.15) is 18.3 Å². The molecule has 0 spiro atoms. The summed E-state index contributed by atoms with van der Waals surface area (Å²) in [6.45, 7) is -0.687. The molecule has 5 N–H and O–H groups in total. The molecule has 0 aromatic heterocycles. The van der Waals surface area contributed by atoms with Crippen LogP contribution >= 0.6 is 0 Å². The number of ether oxygens (including phenoxy) is 1. The van der Waals surface area contributed by atoms with Gasteiger partial charge in [0.05, 0.1) is 6.61 Å². The van der Waals surface area contributed by atoms with E-state index in [2.05, 4.69) is 8.92 Å². The van der Waals surface area contributed by atoms with E-state index in [0.29, 0.717) is 0 Å². The van der Waals surface area contributed by atoms with E-state index in [-0.39, 0.29) is 0 Å². The maximum absolute atomic E-state index is 10.4. The molecular weight excluding hydrogens is 248 g/mol. The number of hydrogen-bond acceptors (Lipinski definition) is 8. The van der Waals surface area contributed by atoms with Crippen LogP contribution in [-0.4, -0.2) is 70.7 Å². The normalized spacial score (nSPS) is 40.9. The van der Waals surface area contributed by atoms with Crippen molar-refractivity contribution in [1.29, 1.82) is 0 Å². The number of hydrogen-bond donors (Lipinski definition) is 5. The van der Waals surface area contributed by atoms with Crippen molar-refractivity contribution in [3.63, 3.8) is 0 Å². The number of rotatable bonds is 3. The van der Waals surface area contributed by atoms with Crippen molar-refractivity contribution in [2.45, 2.75) is 30.7 Å². The molecule has 0 radical (unpaired) electrons. The van der Waals surface area contributed by atoms with Gasteiger partial charge in [0.2, 0.25) is 0 Å². The second-order valence-corrected chi connectivity index (χ2v) is 4.27. The lowest BCUT2D eigenvalue weighted by molar-refractivity contribution is -0.280. The molecule has 1 saturated heterocycles. The van der Waals surface area contributed by atoms with E-state index in [1.807, 2.05) is 0 Å². The molecule has 5 atom stereocenters. The zero-order valence-electron chi connectivity index (χ0n) is 7.87. The molecule has 96 valence electrons. The maximum Gasteiger partial charge on any atom is 0.397 e. The molecule has 16 heavy (non-hydrogen) atoms. The average Bonchev–Trinajstić information content (AvgIpc) is 2.17. The molecular formula is C6H12O9S. The van der Waals surface area contributed by atoms with Crippen molar-refractivity contribution in [3.05, 3.63) is 0 Å². The average molecular weight is 260 g/mol. The topological polar surface area (TPSA) is 154 Å². The minimum atomic E-state index is -4.91. The van der Waals surface area contributed by atoms with Gasteiger partial charge in [0, 0.05) is 0 Å². The van der Waals surface area contributed by atoms with Crippen LogP contribution in [0.1, 0.15) is 0 Å². The molecule has 0 aromatic carbocycles. The van der Waals surface area contributed by atoms with Crippen LogP contribution in [0.3, 0.4) is 0 Å². The second kappa shape index (κ2) is 4.89. The van der Waals surface area contributed by atoms with E-state index >= 15 is 0 Å². The van der Waals surface area contributed by atoms with Gasteiger partial charge < -0.3 is 25.2 Å². The van der Waals surface area contributed by atoms with Gasteiger partial charge in [-0.05, 0) is 0 Å². The summed E-state index contributed by atoms with van der Waals surface area (Å²) < 4.78 is 37.6. The summed E-state index contributed by atoms with van der Waals surface area (Å²) in [7, 11) is -4.91. The van der Waals surface area contributed by atoms with E-state index in [0.717, 1.165) is 0 Å². The minimum absolute atomic E-state index is 0.687. The van der Waals surface area contributed by atoms with Crippen LogP contribution in [0.25, 0.3) is 0 Å². The van der Waals surface area contributed by atoms with Gasteiger partial charge in [-0.2, -0.15) is 8.42 Å². The molecule has 9 nitrogen and oxygen atoms in total. The van der Waals surface area contributed by atoms with Crippen molar-refractivity contribution >= 4 is 10.4 Å². The predicted octanol–water partition coefficient (Wildman–Crippen LogP) is -3.39. The predicted molar refractivity (Wildman–Crippen MR) is 46.4 cm³/mol. The first-order valence-electron chi connectivity index (χ1n) is 4.22. The largest absolute Gasteiger partial charge is 0.397 e. The van der Waals surface area contributed by atoms with Crippen molar-refractivity contribution in [3.8, 4) is 0 Å². The highest BCUT2D eigenvalue weighted by Gasteiger charge is 2.46. The van der Waals surface area contributed by atoms with Crippen molar-refractivity contribution < 1.29 is 42.3 Å². The van der Waals surface area contributed by atoms with Gasteiger partial charge in [-0.1, -0.05) is 0 Å². The van der Waals surface area contributed by atoms with Gasteiger partial charge in [-0.3, -0.25) is 4.55 Å². The highest BCUT2D eigenvalue weighted by molar-refractivity contribution is 7.80. The molecule has 1 aliphatic heterocycles. The van der Waals surface area contributed by atoms with E-state index < -0.39 is 47.7 Å². The highest BCUT2D eigenvalue weighted by Crippen LogP contribution is 2.22. The number of aliphatic hydroxyl groups excluding tert-OH is 4. The molecule has 0 unspecified atom stereocenters. The Labute approximate surface area is 90.8 Å². The van der Waals surface area contributed by atoms with Crippen LogP contribution in [0.4, 0.5) is 0 Å². The Bertz CT molecular complexity index is 327. The fraction of sp³-hybridized carbons (Fsp3) is 1.00. The standard InChI is InChI=1S/C6H12O9S/c7-1-2-3(8)4(9)5(6(10)14-2)15-16(11,12)13/h2-10H,1H2,(H,11,12,13)/t2-,3+,4-,5+,6+/m0/s1. The van der Waals surface area contributed by atoms with Gasteiger partial charge in [0.15, 0.2) is 12.4 Å². The van der Waals surface area contributed by atoms with Crippen LogP contribution < -0.4 is 0 Å². The Kier molecular flexibility index (Phi) is 4.20. The number of aliphatic hydroxyl groups is 4. The smallest absolute Gasteiger partial charge is 0.394 e. The third-order valence-electron chi connectivity index (χ3n) is 2.08. The minimum Gasteiger partial charge on any atom is -0.394 e. The Morgan fingerprint density at radius 2 is 1.75 bits per heavy atom.